The lowest BCUT2D eigenvalue weighted by molar-refractivity contribution is -0.135. The molecular formula is C22H32N4O6. The number of nitrogens with zero attached hydrogens (tertiary/aromatic N) is 3. The molecule has 0 radical (unpaired) electrons. The number of aromatic amines is 1. The summed E-state index contributed by atoms with van der Waals surface area (Å²) < 4.78 is 0. The SMILES string of the molecule is CCCN1C(=O)N(CC(C)C)C2(CCN(C(=O)c3ccc(C)[nH]c3=O)CC2)C1=O.O=CO. The maximum atomic E-state index is 13.2. The molecule has 176 valence electrons. The number of H-pyrrole nitrogens is 1. The molecule has 1 aromatic rings. The maximum absolute atomic E-state index is 13.2. The topological polar surface area (TPSA) is 131 Å². The maximum Gasteiger partial charge on any atom is 0.327 e. The number of rotatable bonds is 5. The first-order valence-corrected chi connectivity index (χ1v) is 10.8. The Morgan fingerprint density at radius 3 is 2.31 bits per heavy atom. The van der Waals surface area contributed by atoms with Crippen LogP contribution in [0.15, 0.2) is 16.9 Å². The summed E-state index contributed by atoms with van der Waals surface area (Å²) in [6.45, 7) is 9.09. The molecular weight excluding hydrogens is 416 g/mol. The van der Waals surface area contributed by atoms with E-state index in [1.165, 1.54) is 4.90 Å². The molecule has 0 aromatic carbocycles. The van der Waals surface area contributed by atoms with E-state index in [1.807, 2.05) is 20.8 Å². The molecule has 32 heavy (non-hydrogen) atoms. The molecule has 1 aromatic heterocycles. The number of piperidine rings is 1. The van der Waals surface area contributed by atoms with Crippen LogP contribution in [0, 0.1) is 12.8 Å². The van der Waals surface area contributed by atoms with Crippen molar-refractivity contribution in [2.24, 2.45) is 5.92 Å². The first kappa shape index (κ1) is 25.1. The number of imide groups is 1. The lowest BCUT2D eigenvalue weighted by atomic mass is 9.85. The van der Waals surface area contributed by atoms with E-state index in [-0.39, 0.29) is 35.8 Å². The molecule has 10 heteroatoms. The van der Waals surface area contributed by atoms with Crippen LogP contribution >= 0.6 is 0 Å². The number of hydrogen-bond donors (Lipinski definition) is 2. The highest BCUT2D eigenvalue weighted by molar-refractivity contribution is 6.07. The number of hydrogen-bond acceptors (Lipinski definition) is 5. The van der Waals surface area contributed by atoms with Gasteiger partial charge in [0.05, 0.1) is 0 Å². The molecule has 2 fully saturated rings. The fraction of sp³-hybridized carbons (Fsp3) is 0.591. The average Bonchev–Trinajstić information content (AvgIpc) is 2.91. The van der Waals surface area contributed by atoms with Gasteiger partial charge in [-0.3, -0.25) is 24.1 Å². The van der Waals surface area contributed by atoms with E-state index in [9.17, 15) is 19.2 Å². The molecule has 2 N–H and O–H groups in total. The first-order valence-electron chi connectivity index (χ1n) is 10.8. The Hall–Kier alpha value is -3.17. The molecule has 3 rings (SSSR count). The van der Waals surface area contributed by atoms with E-state index >= 15 is 0 Å². The molecule has 0 unspecified atom stereocenters. The van der Waals surface area contributed by atoms with Gasteiger partial charge in [0, 0.05) is 31.9 Å². The summed E-state index contributed by atoms with van der Waals surface area (Å²) in [5, 5.41) is 6.89. The zero-order chi connectivity index (χ0) is 24.1. The van der Waals surface area contributed by atoms with Crippen LogP contribution in [-0.4, -0.2) is 80.8 Å². The third-order valence-electron chi connectivity index (χ3n) is 5.78. The molecule has 0 aliphatic carbocycles. The molecule has 3 heterocycles. The normalized spacial score (nSPS) is 17.6. The van der Waals surface area contributed by atoms with Gasteiger partial charge in [0.15, 0.2) is 0 Å². The van der Waals surface area contributed by atoms with Crippen LogP contribution < -0.4 is 5.56 Å². The van der Waals surface area contributed by atoms with E-state index in [0.29, 0.717) is 51.1 Å². The Labute approximate surface area is 187 Å². The highest BCUT2D eigenvalue weighted by atomic mass is 16.3. The lowest BCUT2D eigenvalue weighted by Gasteiger charge is -2.42. The number of carboxylic acid groups (broad SMARTS) is 1. The Morgan fingerprint density at radius 2 is 1.81 bits per heavy atom. The highest BCUT2D eigenvalue weighted by Crippen LogP contribution is 2.38. The molecule has 4 amide bonds. The third-order valence-corrected chi connectivity index (χ3v) is 5.78. The smallest absolute Gasteiger partial charge is 0.327 e. The minimum atomic E-state index is -0.882. The number of urea groups is 1. The Kier molecular flexibility index (Phi) is 8.18. The van der Waals surface area contributed by atoms with Crippen molar-refractivity contribution in [2.45, 2.75) is 52.5 Å². The molecule has 0 atom stereocenters. The molecule has 10 nitrogen and oxygen atoms in total. The molecule has 2 saturated heterocycles. The second-order valence-electron chi connectivity index (χ2n) is 8.56. The summed E-state index contributed by atoms with van der Waals surface area (Å²) in [6.07, 6.45) is 1.49. The summed E-state index contributed by atoms with van der Waals surface area (Å²) in [4.78, 5) is 66.8. The van der Waals surface area contributed by atoms with E-state index < -0.39 is 11.1 Å². The van der Waals surface area contributed by atoms with Gasteiger partial charge in [-0.15, -0.1) is 0 Å². The number of nitrogens with one attached hydrogen (secondary N) is 1. The molecule has 1 spiro atoms. The van der Waals surface area contributed by atoms with Crippen LogP contribution in [0.4, 0.5) is 4.79 Å². The number of pyridine rings is 1. The van der Waals surface area contributed by atoms with Crippen LogP contribution in [0.5, 0.6) is 0 Å². The largest absolute Gasteiger partial charge is 0.483 e. The minimum absolute atomic E-state index is 0.104. The van der Waals surface area contributed by atoms with Gasteiger partial charge in [0.25, 0.3) is 23.8 Å². The Bertz CT molecular complexity index is 917. The zero-order valence-electron chi connectivity index (χ0n) is 19.1. The first-order chi connectivity index (χ1) is 15.1. The Balaban J connectivity index is 0.00000114. The second-order valence-corrected chi connectivity index (χ2v) is 8.56. The number of aromatic nitrogens is 1. The van der Waals surface area contributed by atoms with Gasteiger partial charge in [-0.2, -0.15) is 0 Å². The summed E-state index contributed by atoms with van der Waals surface area (Å²) in [5.74, 6) is -0.250. The van der Waals surface area contributed by atoms with Crippen LogP contribution in [0.3, 0.4) is 0 Å². The fourth-order valence-corrected chi connectivity index (χ4v) is 4.30. The van der Waals surface area contributed by atoms with Crippen molar-refractivity contribution in [2.75, 3.05) is 26.2 Å². The van der Waals surface area contributed by atoms with Crippen molar-refractivity contribution in [3.63, 3.8) is 0 Å². The highest BCUT2D eigenvalue weighted by Gasteiger charge is 2.57. The monoisotopic (exact) mass is 448 g/mol. The van der Waals surface area contributed by atoms with Gasteiger partial charge in [-0.25, -0.2) is 4.79 Å². The predicted molar refractivity (Wildman–Crippen MR) is 117 cm³/mol. The van der Waals surface area contributed by atoms with Gasteiger partial charge in [-0.1, -0.05) is 20.8 Å². The number of likely N-dealkylation sites (tertiary alicyclic amines) is 1. The van der Waals surface area contributed by atoms with E-state index in [1.54, 1.807) is 28.9 Å². The summed E-state index contributed by atoms with van der Waals surface area (Å²) in [7, 11) is 0. The third kappa shape index (κ3) is 4.84. The van der Waals surface area contributed by atoms with Crippen LogP contribution in [-0.2, 0) is 9.59 Å². The van der Waals surface area contributed by atoms with Crippen molar-refractivity contribution in [1.82, 2.24) is 19.7 Å². The van der Waals surface area contributed by atoms with Crippen LogP contribution in [0.25, 0.3) is 0 Å². The zero-order valence-corrected chi connectivity index (χ0v) is 19.1. The summed E-state index contributed by atoms with van der Waals surface area (Å²) in [5.41, 5.74) is -0.489. The van der Waals surface area contributed by atoms with E-state index in [4.69, 9.17) is 9.90 Å². The van der Waals surface area contributed by atoms with Crippen LogP contribution in [0.2, 0.25) is 0 Å². The predicted octanol–water partition coefficient (Wildman–Crippen LogP) is 1.69. The van der Waals surface area contributed by atoms with Crippen molar-refractivity contribution < 1.29 is 24.3 Å². The summed E-state index contributed by atoms with van der Waals surface area (Å²) in [6, 6.07) is 3.02. The van der Waals surface area contributed by atoms with Crippen LogP contribution in [0.1, 0.15) is 56.1 Å². The minimum Gasteiger partial charge on any atom is -0.483 e. The number of carbonyl (C=O) groups excluding carboxylic acids is 3. The van der Waals surface area contributed by atoms with E-state index in [2.05, 4.69) is 4.98 Å². The fourth-order valence-electron chi connectivity index (χ4n) is 4.30. The average molecular weight is 449 g/mol. The van der Waals surface area contributed by atoms with Crippen molar-refractivity contribution >= 4 is 24.3 Å². The Morgan fingerprint density at radius 1 is 1.22 bits per heavy atom. The van der Waals surface area contributed by atoms with Gasteiger partial charge in [-0.05, 0) is 44.2 Å². The summed E-state index contributed by atoms with van der Waals surface area (Å²) >= 11 is 0. The van der Waals surface area contributed by atoms with Crippen molar-refractivity contribution in [3.05, 3.63) is 33.7 Å². The van der Waals surface area contributed by atoms with Gasteiger partial charge in [0.1, 0.15) is 11.1 Å². The van der Waals surface area contributed by atoms with Gasteiger partial charge >= 0.3 is 6.03 Å². The molecule has 0 saturated carbocycles. The number of aryl methyl sites for hydroxylation is 1. The second kappa shape index (κ2) is 10.4. The lowest BCUT2D eigenvalue weighted by Crippen LogP contribution is -2.58. The van der Waals surface area contributed by atoms with Gasteiger partial charge < -0.3 is 19.9 Å². The van der Waals surface area contributed by atoms with Crippen molar-refractivity contribution in [3.8, 4) is 0 Å². The molecule has 0 bridgehead atoms. The standard InChI is InChI=1S/C21H30N4O4.CH2O2/c1-5-10-24-19(28)21(25(20(24)29)13-14(2)3)8-11-23(12-9-21)18(27)16-7-6-15(4)22-17(16)26;2-1-3/h6-7,14H,5,8-13H2,1-4H3,(H,22,26);1H,(H,2,3). The number of carbonyl (C=O) groups is 4. The van der Waals surface area contributed by atoms with Gasteiger partial charge in [0.2, 0.25) is 0 Å². The van der Waals surface area contributed by atoms with E-state index in [0.717, 1.165) is 0 Å². The van der Waals surface area contributed by atoms with Crippen molar-refractivity contribution in [1.29, 1.82) is 0 Å². The molecule has 2 aliphatic heterocycles. The quantitative estimate of drug-likeness (QED) is 0.521. The molecule has 2 aliphatic rings. The number of amides is 4.